The van der Waals surface area contributed by atoms with E-state index in [9.17, 15) is 9.90 Å². The van der Waals surface area contributed by atoms with Crippen molar-refractivity contribution in [3.8, 4) is 0 Å². The van der Waals surface area contributed by atoms with Gasteiger partial charge in [-0.2, -0.15) is 11.8 Å². The topological polar surface area (TPSA) is 49.3 Å². The molecule has 0 bridgehead atoms. The van der Waals surface area contributed by atoms with E-state index in [0.29, 0.717) is 11.7 Å². The van der Waals surface area contributed by atoms with Gasteiger partial charge in [0.25, 0.3) is 0 Å². The van der Waals surface area contributed by atoms with E-state index in [1.807, 2.05) is 30.3 Å². The van der Waals surface area contributed by atoms with E-state index >= 15 is 0 Å². The highest BCUT2D eigenvalue weighted by Gasteiger charge is 2.38. The molecule has 1 unspecified atom stereocenters. The smallest absolute Gasteiger partial charge is 0.329 e. The first-order valence-electron chi connectivity index (χ1n) is 6.08. The molecule has 0 aliphatic carbocycles. The molecule has 0 heterocycles. The molecule has 0 radical (unpaired) electrons. The average molecular weight is 267 g/mol. The second kappa shape index (κ2) is 6.81. The fourth-order valence-electron chi connectivity index (χ4n) is 1.76. The third-order valence-electron chi connectivity index (χ3n) is 2.83. The lowest BCUT2D eigenvalue weighted by Gasteiger charge is -2.29. The number of hydrogen-bond donors (Lipinski definition) is 2. The molecule has 2 N–H and O–H groups in total. The maximum Gasteiger partial charge on any atom is 0.329 e. The van der Waals surface area contributed by atoms with Gasteiger partial charge in [0.15, 0.2) is 5.54 Å². The van der Waals surface area contributed by atoms with E-state index in [1.54, 1.807) is 18.8 Å². The van der Waals surface area contributed by atoms with E-state index in [2.05, 4.69) is 19.2 Å². The second-order valence-corrected chi connectivity index (χ2v) is 5.77. The SMILES string of the molecule is CNC(CSCC(C)C)(C(=O)O)c1ccccc1. The average Bonchev–Trinajstić information content (AvgIpc) is 2.35. The highest BCUT2D eigenvalue weighted by atomic mass is 32.2. The molecule has 18 heavy (non-hydrogen) atoms. The van der Waals surface area contributed by atoms with Crippen molar-refractivity contribution in [2.75, 3.05) is 18.6 Å². The van der Waals surface area contributed by atoms with Gasteiger partial charge in [-0.25, -0.2) is 4.79 Å². The van der Waals surface area contributed by atoms with Crippen LogP contribution >= 0.6 is 11.8 Å². The summed E-state index contributed by atoms with van der Waals surface area (Å²) in [7, 11) is 1.71. The number of carboxylic acid groups (broad SMARTS) is 1. The Morgan fingerprint density at radius 1 is 1.39 bits per heavy atom. The van der Waals surface area contributed by atoms with Crippen molar-refractivity contribution in [3.63, 3.8) is 0 Å². The maximum atomic E-state index is 11.7. The Labute approximate surface area is 113 Å². The van der Waals surface area contributed by atoms with Crippen molar-refractivity contribution < 1.29 is 9.90 Å². The van der Waals surface area contributed by atoms with Gasteiger partial charge in [-0.3, -0.25) is 0 Å². The van der Waals surface area contributed by atoms with Gasteiger partial charge >= 0.3 is 5.97 Å². The zero-order valence-electron chi connectivity index (χ0n) is 11.1. The first-order chi connectivity index (χ1) is 8.53. The number of thioether (sulfide) groups is 1. The molecule has 0 saturated carbocycles. The van der Waals surface area contributed by atoms with Crippen LogP contribution in [0.15, 0.2) is 30.3 Å². The second-order valence-electron chi connectivity index (χ2n) is 4.74. The summed E-state index contributed by atoms with van der Waals surface area (Å²) in [6.45, 7) is 4.27. The summed E-state index contributed by atoms with van der Waals surface area (Å²) >= 11 is 1.67. The summed E-state index contributed by atoms with van der Waals surface area (Å²) in [5.74, 6) is 1.23. The zero-order chi connectivity index (χ0) is 13.6. The number of nitrogens with one attached hydrogen (secondary N) is 1. The van der Waals surface area contributed by atoms with Crippen LogP contribution in [0.4, 0.5) is 0 Å². The molecule has 4 heteroatoms. The van der Waals surface area contributed by atoms with Crippen molar-refractivity contribution >= 4 is 17.7 Å². The van der Waals surface area contributed by atoms with Crippen LogP contribution < -0.4 is 5.32 Å². The summed E-state index contributed by atoms with van der Waals surface area (Å²) in [5, 5.41) is 12.6. The van der Waals surface area contributed by atoms with Crippen LogP contribution in [0.1, 0.15) is 19.4 Å². The lowest BCUT2D eigenvalue weighted by Crippen LogP contribution is -2.49. The van der Waals surface area contributed by atoms with E-state index in [4.69, 9.17) is 0 Å². The van der Waals surface area contributed by atoms with Gasteiger partial charge in [0.1, 0.15) is 0 Å². The number of likely N-dealkylation sites (N-methyl/N-ethyl adjacent to an activating group) is 1. The number of hydrogen-bond acceptors (Lipinski definition) is 3. The van der Waals surface area contributed by atoms with Gasteiger partial charge in [-0.05, 0) is 24.3 Å². The quantitative estimate of drug-likeness (QED) is 0.797. The number of rotatable bonds is 7. The summed E-state index contributed by atoms with van der Waals surface area (Å²) in [6.07, 6.45) is 0. The van der Waals surface area contributed by atoms with Gasteiger partial charge in [-0.15, -0.1) is 0 Å². The molecule has 1 rings (SSSR count). The molecule has 1 aromatic rings. The van der Waals surface area contributed by atoms with E-state index in [0.717, 1.165) is 11.3 Å². The summed E-state index contributed by atoms with van der Waals surface area (Å²) < 4.78 is 0. The lowest BCUT2D eigenvalue weighted by molar-refractivity contribution is -0.144. The molecule has 3 nitrogen and oxygen atoms in total. The first kappa shape index (κ1) is 15.1. The standard InChI is InChI=1S/C14H21NO2S/c1-11(2)9-18-10-14(15-3,13(16)17)12-7-5-4-6-8-12/h4-8,11,15H,9-10H2,1-3H3,(H,16,17). The molecule has 100 valence electrons. The van der Waals surface area contributed by atoms with Crippen LogP contribution in [0.2, 0.25) is 0 Å². The molecule has 0 amide bonds. The molecule has 1 aromatic carbocycles. The monoisotopic (exact) mass is 267 g/mol. The molecule has 1 atom stereocenters. The van der Waals surface area contributed by atoms with Crippen molar-refractivity contribution in [1.29, 1.82) is 0 Å². The number of benzene rings is 1. The predicted octanol–water partition coefficient (Wildman–Crippen LogP) is 2.58. The Morgan fingerprint density at radius 2 is 2.00 bits per heavy atom. The van der Waals surface area contributed by atoms with Crippen LogP contribution in [0.3, 0.4) is 0 Å². The van der Waals surface area contributed by atoms with Gasteiger partial charge < -0.3 is 10.4 Å². The Bertz CT molecular complexity index is 381. The molecule has 0 aliphatic rings. The van der Waals surface area contributed by atoms with E-state index in [1.165, 1.54) is 0 Å². The van der Waals surface area contributed by atoms with E-state index in [-0.39, 0.29) is 0 Å². The molecular weight excluding hydrogens is 246 g/mol. The third kappa shape index (κ3) is 3.50. The van der Waals surface area contributed by atoms with Crippen molar-refractivity contribution in [2.24, 2.45) is 5.92 Å². The number of carboxylic acids is 1. The summed E-state index contributed by atoms with van der Waals surface area (Å²) in [6, 6.07) is 9.36. The van der Waals surface area contributed by atoms with Crippen molar-refractivity contribution in [3.05, 3.63) is 35.9 Å². The summed E-state index contributed by atoms with van der Waals surface area (Å²) in [4.78, 5) is 11.7. The highest BCUT2D eigenvalue weighted by molar-refractivity contribution is 7.99. The van der Waals surface area contributed by atoms with Gasteiger partial charge in [0, 0.05) is 5.75 Å². The van der Waals surface area contributed by atoms with Crippen molar-refractivity contribution in [1.82, 2.24) is 5.32 Å². The molecule has 0 aliphatic heterocycles. The molecular formula is C14H21NO2S. The Balaban J connectivity index is 2.92. The maximum absolute atomic E-state index is 11.7. The number of carbonyl (C=O) groups is 1. The Hall–Kier alpha value is -1.00. The zero-order valence-corrected chi connectivity index (χ0v) is 12.0. The number of aliphatic carboxylic acids is 1. The van der Waals surface area contributed by atoms with Crippen LogP contribution in [-0.2, 0) is 10.3 Å². The van der Waals surface area contributed by atoms with Crippen LogP contribution in [0, 0.1) is 5.92 Å². The van der Waals surface area contributed by atoms with Gasteiger partial charge in [-0.1, -0.05) is 44.2 Å². The Morgan fingerprint density at radius 3 is 2.44 bits per heavy atom. The van der Waals surface area contributed by atoms with Crippen LogP contribution in [0.5, 0.6) is 0 Å². The third-order valence-corrected chi connectivity index (χ3v) is 4.37. The predicted molar refractivity (Wildman–Crippen MR) is 77.0 cm³/mol. The lowest BCUT2D eigenvalue weighted by atomic mass is 9.92. The van der Waals surface area contributed by atoms with E-state index < -0.39 is 11.5 Å². The molecule has 0 spiro atoms. The first-order valence-corrected chi connectivity index (χ1v) is 7.24. The summed E-state index contributed by atoms with van der Waals surface area (Å²) in [5.41, 5.74) is -0.197. The normalized spacial score (nSPS) is 14.4. The Kier molecular flexibility index (Phi) is 5.69. The molecule has 0 aromatic heterocycles. The highest BCUT2D eigenvalue weighted by Crippen LogP contribution is 2.26. The fourth-order valence-corrected chi connectivity index (χ4v) is 3.09. The van der Waals surface area contributed by atoms with Crippen LogP contribution in [0.25, 0.3) is 0 Å². The minimum Gasteiger partial charge on any atom is -0.480 e. The van der Waals surface area contributed by atoms with Gasteiger partial charge in [0.2, 0.25) is 0 Å². The van der Waals surface area contributed by atoms with Gasteiger partial charge in [0.05, 0.1) is 0 Å². The molecule has 0 saturated heterocycles. The fraction of sp³-hybridized carbons (Fsp3) is 0.500. The minimum atomic E-state index is -0.999. The molecule has 0 fully saturated rings. The largest absolute Gasteiger partial charge is 0.480 e. The van der Waals surface area contributed by atoms with Crippen LogP contribution in [-0.4, -0.2) is 29.6 Å². The van der Waals surface area contributed by atoms with Crippen molar-refractivity contribution in [2.45, 2.75) is 19.4 Å². The minimum absolute atomic E-state index is 0.529.